The first-order chi connectivity index (χ1) is 8.34. The van der Waals surface area contributed by atoms with Gasteiger partial charge in [-0.1, -0.05) is 18.2 Å². The van der Waals surface area contributed by atoms with Crippen LogP contribution in [0.3, 0.4) is 0 Å². The van der Waals surface area contributed by atoms with Crippen LogP contribution in [0.1, 0.15) is 17.2 Å². The van der Waals surface area contributed by atoms with Gasteiger partial charge in [-0.05, 0) is 34.5 Å². The molecule has 17 heavy (non-hydrogen) atoms. The van der Waals surface area contributed by atoms with E-state index in [0.29, 0.717) is 0 Å². The summed E-state index contributed by atoms with van der Waals surface area (Å²) in [5.41, 5.74) is 2.71. The Balaban J connectivity index is 2.06. The summed E-state index contributed by atoms with van der Waals surface area (Å²) in [7, 11) is 0. The summed E-state index contributed by atoms with van der Waals surface area (Å²) < 4.78 is 0. The van der Waals surface area contributed by atoms with Gasteiger partial charge in [-0.25, -0.2) is 0 Å². The van der Waals surface area contributed by atoms with Gasteiger partial charge in [-0.3, -0.25) is 4.98 Å². The minimum absolute atomic E-state index is 0.585. The zero-order valence-electron chi connectivity index (χ0n) is 9.08. The number of hydrogen-bond acceptors (Lipinski definition) is 3. The molecule has 0 amide bonds. The lowest BCUT2D eigenvalue weighted by molar-refractivity contribution is 0.220. The largest absolute Gasteiger partial charge is 0.384 e. The van der Waals surface area contributed by atoms with Gasteiger partial charge in [-0.15, -0.1) is 0 Å². The highest BCUT2D eigenvalue weighted by atomic mass is 32.1. The Labute approximate surface area is 103 Å². The van der Waals surface area contributed by atoms with Crippen molar-refractivity contribution < 1.29 is 5.11 Å². The van der Waals surface area contributed by atoms with Crippen molar-refractivity contribution >= 4 is 22.2 Å². The van der Waals surface area contributed by atoms with Crippen molar-refractivity contribution in [2.45, 2.75) is 6.10 Å². The second-order valence-corrected chi connectivity index (χ2v) is 4.70. The summed E-state index contributed by atoms with van der Waals surface area (Å²) in [5.74, 6) is 0. The number of aliphatic hydroxyl groups excluding tert-OH is 1. The van der Waals surface area contributed by atoms with E-state index < -0.39 is 6.10 Å². The minimum atomic E-state index is -0.585. The van der Waals surface area contributed by atoms with Gasteiger partial charge in [0.05, 0.1) is 5.52 Å². The van der Waals surface area contributed by atoms with Crippen molar-refractivity contribution in [3.8, 4) is 0 Å². The van der Waals surface area contributed by atoms with Crippen molar-refractivity contribution in [3.63, 3.8) is 0 Å². The Bertz CT molecular complexity index is 634. The molecule has 3 aromatic rings. The van der Waals surface area contributed by atoms with Crippen LogP contribution in [0.15, 0.2) is 53.4 Å². The monoisotopic (exact) mass is 241 g/mol. The Morgan fingerprint density at radius 1 is 1.12 bits per heavy atom. The highest BCUT2D eigenvalue weighted by molar-refractivity contribution is 7.07. The zero-order chi connectivity index (χ0) is 11.7. The Morgan fingerprint density at radius 3 is 2.82 bits per heavy atom. The van der Waals surface area contributed by atoms with Crippen molar-refractivity contribution in [2.75, 3.05) is 0 Å². The van der Waals surface area contributed by atoms with Crippen LogP contribution < -0.4 is 0 Å². The van der Waals surface area contributed by atoms with E-state index in [1.165, 1.54) is 0 Å². The minimum Gasteiger partial charge on any atom is -0.384 e. The predicted molar refractivity (Wildman–Crippen MR) is 70.1 cm³/mol. The summed E-state index contributed by atoms with van der Waals surface area (Å²) in [6.07, 6.45) is 1.16. The predicted octanol–water partition coefficient (Wildman–Crippen LogP) is 3.38. The van der Waals surface area contributed by atoms with Crippen molar-refractivity contribution in [1.29, 1.82) is 0 Å². The molecule has 0 saturated carbocycles. The van der Waals surface area contributed by atoms with Gasteiger partial charge in [0.15, 0.2) is 0 Å². The van der Waals surface area contributed by atoms with E-state index in [-0.39, 0.29) is 0 Å². The second-order valence-electron chi connectivity index (χ2n) is 3.92. The van der Waals surface area contributed by atoms with E-state index in [4.69, 9.17) is 0 Å². The molecule has 0 saturated heterocycles. The molecule has 2 aromatic heterocycles. The molecule has 1 aromatic carbocycles. The van der Waals surface area contributed by atoms with E-state index in [1.54, 1.807) is 17.5 Å². The number of thiophene rings is 1. The van der Waals surface area contributed by atoms with E-state index in [0.717, 1.165) is 22.0 Å². The van der Waals surface area contributed by atoms with Crippen LogP contribution in [0.25, 0.3) is 10.9 Å². The zero-order valence-corrected chi connectivity index (χ0v) is 9.89. The molecule has 1 atom stereocenters. The van der Waals surface area contributed by atoms with Crippen LogP contribution in [0.2, 0.25) is 0 Å². The molecule has 2 nitrogen and oxygen atoms in total. The molecule has 0 aliphatic rings. The van der Waals surface area contributed by atoms with Crippen molar-refractivity contribution in [2.24, 2.45) is 0 Å². The van der Waals surface area contributed by atoms with E-state index in [1.807, 2.05) is 47.2 Å². The first kappa shape index (κ1) is 10.4. The van der Waals surface area contributed by atoms with Crippen LogP contribution in [0.5, 0.6) is 0 Å². The molecule has 0 aliphatic heterocycles. The molecule has 84 valence electrons. The molecule has 1 unspecified atom stereocenters. The molecular weight excluding hydrogens is 230 g/mol. The smallest absolute Gasteiger partial charge is 0.106 e. The first-order valence-electron chi connectivity index (χ1n) is 5.39. The molecule has 0 spiro atoms. The molecular formula is C14H11NOS. The summed E-state index contributed by atoms with van der Waals surface area (Å²) in [5, 5.41) is 15.2. The molecule has 1 N–H and O–H groups in total. The summed E-state index contributed by atoms with van der Waals surface area (Å²) in [6, 6.07) is 11.8. The number of aliphatic hydroxyl groups is 1. The first-order valence-corrected chi connectivity index (χ1v) is 6.34. The topological polar surface area (TPSA) is 33.1 Å². The SMILES string of the molecule is OC(c1ccsc1)c1cnc2ccccc2c1. The summed E-state index contributed by atoms with van der Waals surface area (Å²) in [6.45, 7) is 0. The van der Waals surface area contributed by atoms with Gasteiger partial charge in [0, 0.05) is 17.1 Å². The fourth-order valence-corrected chi connectivity index (χ4v) is 2.54. The molecule has 3 rings (SSSR count). The third-order valence-corrected chi connectivity index (χ3v) is 3.49. The van der Waals surface area contributed by atoms with E-state index in [2.05, 4.69) is 4.98 Å². The van der Waals surface area contributed by atoms with Crippen LogP contribution in [0, 0.1) is 0 Å². The van der Waals surface area contributed by atoms with Crippen LogP contribution >= 0.6 is 11.3 Å². The lowest BCUT2D eigenvalue weighted by atomic mass is 10.0. The number of benzene rings is 1. The molecule has 0 fully saturated rings. The Hall–Kier alpha value is -1.71. The van der Waals surface area contributed by atoms with Crippen molar-refractivity contribution in [1.82, 2.24) is 4.98 Å². The quantitative estimate of drug-likeness (QED) is 0.746. The molecule has 0 aliphatic carbocycles. The third-order valence-electron chi connectivity index (χ3n) is 2.79. The third kappa shape index (κ3) is 1.95. The number of rotatable bonds is 2. The lowest BCUT2D eigenvalue weighted by Crippen LogP contribution is -1.98. The maximum absolute atomic E-state index is 10.2. The lowest BCUT2D eigenvalue weighted by Gasteiger charge is -2.09. The van der Waals surface area contributed by atoms with Gasteiger partial charge in [0.2, 0.25) is 0 Å². The van der Waals surface area contributed by atoms with Gasteiger partial charge >= 0.3 is 0 Å². The van der Waals surface area contributed by atoms with E-state index in [9.17, 15) is 5.11 Å². The summed E-state index contributed by atoms with van der Waals surface area (Å²) in [4.78, 5) is 4.36. The molecule has 0 radical (unpaired) electrons. The van der Waals surface area contributed by atoms with E-state index >= 15 is 0 Å². The normalized spacial score (nSPS) is 12.8. The van der Waals surface area contributed by atoms with Gasteiger partial charge < -0.3 is 5.11 Å². The average Bonchev–Trinajstić information content (AvgIpc) is 2.91. The van der Waals surface area contributed by atoms with Crippen molar-refractivity contribution in [3.05, 3.63) is 64.5 Å². The van der Waals surface area contributed by atoms with Crippen LogP contribution in [-0.2, 0) is 0 Å². The maximum atomic E-state index is 10.2. The average molecular weight is 241 g/mol. The molecule has 3 heteroatoms. The Kier molecular flexibility index (Phi) is 2.63. The highest BCUT2D eigenvalue weighted by Gasteiger charge is 2.11. The summed E-state index contributed by atoms with van der Waals surface area (Å²) >= 11 is 1.59. The fourth-order valence-electron chi connectivity index (χ4n) is 1.86. The Morgan fingerprint density at radius 2 is 2.00 bits per heavy atom. The number of nitrogens with zero attached hydrogens (tertiary/aromatic N) is 1. The number of hydrogen-bond donors (Lipinski definition) is 1. The van der Waals surface area contributed by atoms with Gasteiger partial charge in [0.25, 0.3) is 0 Å². The standard InChI is InChI=1S/C14H11NOS/c16-14(11-5-6-17-9-11)12-7-10-3-1-2-4-13(10)15-8-12/h1-9,14,16H. The van der Waals surface area contributed by atoms with Crippen LogP contribution in [0.4, 0.5) is 0 Å². The highest BCUT2D eigenvalue weighted by Crippen LogP contribution is 2.25. The fraction of sp³-hybridized carbons (Fsp3) is 0.0714. The maximum Gasteiger partial charge on any atom is 0.106 e. The second kappa shape index (κ2) is 4.28. The molecule has 2 heterocycles. The van der Waals surface area contributed by atoms with Gasteiger partial charge in [-0.2, -0.15) is 11.3 Å². The van der Waals surface area contributed by atoms with Crippen LogP contribution in [-0.4, -0.2) is 10.1 Å². The number of aromatic nitrogens is 1. The van der Waals surface area contributed by atoms with Gasteiger partial charge in [0.1, 0.15) is 6.10 Å². The number of para-hydroxylation sites is 1. The number of fused-ring (bicyclic) bond motifs is 1. The molecule has 0 bridgehead atoms. The number of pyridine rings is 1.